The predicted octanol–water partition coefficient (Wildman–Crippen LogP) is 3.74. The standard InChI is InChI=1S/C19H19ClN2O4/c1-25-13-6-8-15(17(11-13)26-2)21-19(24)14-7-5-12(20)10-16(14)22-9-3-4-18(22)23/h5-8,10-11H,3-4,9H2,1-2H3,(H,21,24). The molecule has 2 amide bonds. The first kappa shape index (κ1) is 18.1. The average Bonchev–Trinajstić information content (AvgIpc) is 3.07. The number of nitrogens with zero attached hydrogens (tertiary/aromatic N) is 1. The first-order valence-corrected chi connectivity index (χ1v) is 8.54. The van der Waals surface area contributed by atoms with Crippen LogP contribution < -0.4 is 19.7 Å². The Bertz CT molecular complexity index is 853. The minimum Gasteiger partial charge on any atom is -0.497 e. The van der Waals surface area contributed by atoms with Gasteiger partial charge in [-0.1, -0.05) is 11.6 Å². The summed E-state index contributed by atoms with van der Waals surface area (Å²) in [6.07, 6.45) is 1.23. The Hall–Kier alpha value is -2.73. The third-order valence-corrected chi connectivity index (χ3v) is 4.46. The molecular formula is C19H19ClN2O4. The van der Waals surface area contributed by atoms with Crippen LogP contribution in [0, 0.1) is 0 Å². The van der Waals surface area contributed by atoms with Gasteiger partial charge >= 0.3 is 0 Å². The zero-order chi connectivity index (χ0) is 18.7. The van der Waals surface area contributed by atoms with Gasteiger partial charge in [-0.05, 0) is 36.8 Å². The van der Waals surface area contributed by atoms with Gasteiger partial charge < -0.3 is 19.7 Å². The Morgan fingerprint density at radius 3 is 2.62 bits per heavy atom. The second-order valence-electron chi connectivity index (χ2n) is 5.83. The molecule has 1 saturated heterocycles. The van der Waals surface area contributed by atoms with Gasteiger partial charge in [0, 0.05) is 24.1 Å². The zero-order valence-corrected chi connectivity index (χ0v) is 15.3. The van der Waals surface area contributed by atoms with E-state index in [1.165, 1.54) is 7.11 Å². The molecular weight excluding hydrogens is 356 g/mol. The van der Waals surface area contributed by atoms with Gasteiger partial charge in [-0.2, -0.15) is 0 Å². The van der Waals surface area contributed by atoms with E-state index in [-0.39, 0.29) is 11.8 Å². The van der Waals surface area contributed by atoms with Crippen molar-refractivity contribution in [3.05, 3.63) is 47.0 Å². The van der Waals surface area contributed by atoms with Crippen LogP contribution in [0.3, 0.4) is 0 Å². The lowest BCUT2D eigenvalue weighted by atomic mass is 10.1. The van der Waals surface area contributed by atoms with Crippen molar-refractivity contribution in [3.63, 3.8) is 0 Å². The molecule has 1 heterocycles. The highest BCUT2D eigenvalue weighted by Gasteiger charge is 2.26. The molecule has 0 unspecified atom stereocenters. The number of carbonyl (C=O) groups is 2. The molecule has 3 rings (SSSR count). The lowest BCUT2D eigenvalue weighted by Crippen LogP contribution is -2.27. The summed E-state index contributed by atoms with van der Waals surface area (Å²) in [4.78, 5) is 26.6. The number of hydrogen-bond donors (Lipinski definition) is 1. The van der Waals surface area contributed by atoms with E-state index in [0.29, 0.717) is 46.4 Å². The normalized spacial score (nSPS) is 13.7. The molecule has 0 bridgehead atoms. The summed E-state index contributed by atoms with van der Waals surface area (Å²) in [6, 6.07) is 10.0. The molecule has 0 atom stereocenters. The van der Waals surface area contributed by atoms with Crippen molar-refractivity contribution in [2.45, 2.75) is 12.8 Å². The highest BCUT2D eigenvalue weighted by molar-refractivity contribution is 6.31. The van der Waals surface area contributed by atoms with Crippen LogP contribution in [0.15, 0.2) is 36.4 Å². The Kier molecular flexibility index (Phi) is 5.32. The van der Waals surface area contributed by atoms with E-state index >= 15 is 0 Å². The van der Waals surface area contributed by atoms with Gasteiger partial charge in [-0.25, -0.2) is 0 Å². The summed E-state index contributed by atoms with van der Waals surface area (Å²) < 4.78 is 10.5. The van der Waals surface area contributed by atoms with E-state index in [9.17, 15) is 9.59 Å². The molecule has 26 heavy (non-hydrogen) atoms. The molecule has 0 spiro atoms. The van der Waals surface area contributed by atoms with Crippen LogP contribution in [0.5, 0.6) is 11.5 Å². The maximum absolute atomic E-state index is 12.9. The van der Waals surface area contributed by atoms with Gasteiger partial charge in [0.25, 0.3) is 5.91 Å². The van der Waals surface area contributed by atoms with Crippen molar-refractivity contribution >= 4 is 34.8 Å². The van der Waals surface area contributed by atoms with Gasteiger partial charge in [0.2, 0.25) is 5.91 Å². The van der Waals surface area contributed by atoms with Gasteiger partial charge in [-0.15, -0.1) is 0 Å². The molecule has 1 aliphatic rings. The molecule has 7 heteroatoms. The summed E-state index contributed by atoms with van der Waals surface area (Å²) in [5.74, 6) is 0.739. The van der Waals surface area contributed by atoms with Crippen LogP contribution in [0.25, 0.3) is 0 Å². The van der Waals surface area contributed by atoms with Crippen LogP contribution >= 0.6 is 11.6 Å². The fraction of sp³-hybridized carbons (Fsp3) is 0.263. The topological polar surface area (TPSA) is 67.9 Å². The van der Waals surface area contributed by atoms with Crippen LogP contribution in [-0.4, -0.2) is 32.6 Å². The maximum Gasteiger partial charge on any atom is 0.257 e. The lowest BCUT2D eigenvalue weighted by Gasteiger charge is -2.20. The average molecular weight is 375 g/mol. The Labute approximate surface area is 156 Å². The highest BCUT2D eigenvalue weighted by atomic mass is 35.5. The third-order valence-electron chi connectivity index (χ3n) is 4.23. The molecule has 136 valence electrons. The highest BCUT2D eigenvalue weighted by Crippen LogP contribution is 2.32. The molecule has 0 aliphatic carbocycles. The van der Waals surface area contributed by atoms with E-state index in [1.807, 2.05) is 0 Å². The fourth-order valence-corrected chi connectivity index (χ4v) is 3.08. The van der Waals surface area contributed by atoms with Crippen molar-refractivity contribution in [2.75, 3.05) is 31.0 Å². The SMILES string of the molecule is COc1ccc(NC(=O)c2ccc(Cl)cc2N2CCCC2=O)c(OC)c1. The summed E-state index contributed by atoms with van der Waals surface area (Å²) in [5, 5.41) is 3.30. The van der Waals surface area contributed by atoms with Crippen molar-refractivity contribution in [3.8, 4) is 11.5 Å². The molecule has 0 radical (unpaired) electrons. The summed E-state index contributed by atoms with van der Waals surface area (Å²) in [5.41, 5.74) is 1.40. The van der Waals surface area contributed by atoms with E-state index in [0.717, 1.165) is 6.42 Å². The minimum absolute atomic E-state index is 0.0108. The number of methoxy groups -OCH3 is 2. The van der Waals surface area contributed by atoms with Crippen LogP contribution in [-0.2, 0) is 4.79 Å². The Morgan fingerprint density at radius 1 is 1.15 bits per heavy atom. The van der Waals surface area contributed by atoms with Gasteiger partial charge in [0.1, 0.15) is 11.5 Å². The van der Waals surface area contributed by atoms with Crippen molar-refractivity contribution in [1.82, 2.24) is 0 Å². The van der Waals surface area contributed by atoms with E-state index in [4.69, 9.17) is 21.1 Å². The van der Waals surface area contributed by atoms with Crippen LogP contribution in [0.2, 0.25) is 5.02 Å². The molecule has 1 N–H and O–H groups in total. The zero-order valence-electron chi connectivity index (χ0n) is 14.5. The van der Waals surface area contributed by atoms with Crippen molar-refractivity contribution < 1.29 is 19.1 Å². The molecule has 0 aromatic heterocycles. The summed E-state index contributed by atoms with van der Waals surface area (Å²) in [7, 11) is 3.07. The van der Waals surface area contributed by atoms with Crippen LogP contribution in [0.1, 0.15) is 23.2 Å². The fourth-order valence-electron chi connectivity index (χ4n) is 2.91. The van der Waals surface area contributed by atoms with E-state index in [2.05, 4.69) is 5.32 Å². The van der Waals surface area contributed by atoms with Crippen molar-refractivity contribution in [2.24, 2.45) is 0 Å². The monoisotopic (exact) mass is 374 g/mol. The largest absolute Gasteiger partial charge is 0.497 e. The smallest absolute Gasteiger partial charge is 0.257 e. The van der Waals surface area contributed by atoms with Crippen LogP contribution in [0.4, 0.5) is 11.4 Å². The molecule has 0 saturated carbocycles. The number of amides is 2. The number of ether oxygens (including phenoxy) is 2. The third kappa shape index (κ3) is 3.60. The summed E-state index contributed by atoms with van der Waals surface area (Å²) in [6.45, 7) is 0.575. The van der Waals surface area contributed by atoms with E-state index < -0.39 is 0 Å². The molecule has 2 aromatic rings. The molecule has 1 aliphatic heterocycles. The first-order chi connectivity index (χ1) is 12.5. The first-order valence-electron chi connectivity index (χ1n) is 8.17. The number of hydrogen-bond acceptors (Lipinski definition) is 4. The number of nitrogens with one attached hydrogen (secondary N) is 1. The maximum atomic E-state index is 12.9. The minimum atomic E-state index is -0.347. The van der Waals surface area contributed by atoms with Crippen molar-refractivity contribution in [1.29, 1.82) is 0 Å². The second-order valence-corrected chi connectivity index (χ2v) is 6.27. The number of benzene rings is 2. The number of carbonyl (C=O) groups excluding carboxylic acids is 2. The van der Waals surface area contributed by atoms with Gasteiger partial charge in [0.05, 0.1) is 31.2 Å². The quantitative estimate of drug-likeness (QED) is 0.865. The number of anilines is 2. The summed E-state index contributed by atoms with van der Waals surface area (Å²) >= 11 is 6.09. The molecule has 6 nitrogen and oxygen atoms in total. The number of halogens is 1. The van der Waals surface area contributed by atoms with E-state index in [1.54, 1.807) is 48.4 Å². The molecule has 2 aromatic carbocycles. The number of rotatable bonds is 5. The van der Waals surface area contributed by atoms with Gasteiger partial charge in [0.15, 0.2) is 0 Å². The second kappa shape index (κ2) is 7.66. The van der Waals surface area contributed by atoms with Gasteiger partial charge in [-0.3, -0.25) is 9.59 Å². The Balaban J connectivity index is 1.92. The lowest BCUT2D eigenvalue weighted by molar-refractivity contribution is -0.117. The Morgan fingerprint density at radius 2 is 1.96 bits per heavy atom. The predicted molar refractivity (Wildman–Crippen MR) is 101 cm³/mol. The molecule has 1 fully saturated rings.